The third-order valence-electron chi connectivity index (χ3n) is 2.98. The first kappa shape index (κ1) is 19.2. The summed E-state index contributed by atoms with van der Waals surface area (Å²) in [6.07, 6.45) is -0.382. The molecule has 124 valence electrons. The van der Waals surface area contributed by atoms with Crippen molar-refractivity contribution < 1.29 is 8.78 Å². The van der Waals surface area contributed by atoms with E-state index in [1.54, 1.807) is 0 Å². The number of aryl methyl sites for hydroxylation is 1. The van der Waals surface area contributed by atoms with E-state index >= 15 is 0 Å². The minimum absolute atomic E-state index is 0. The number of alkyl halides is 2. The molecule has 0 aliphatic carbocycles. The van der Waals surface area contributed by atoms with Gasteiger partial charge in [0, 0.05) is 11.9 Å². The lowest BCUT2D eigenvalue weighted by Crippen LogP contribution is -2.22. The van der Waals surface area contributed by atoms with Gasteiger partial charge in [0.15, 0.2) is 5.96 Å². The molecular formula is C15H18F2IN5. The van der Waals surface area contributed by atoms with E-state index < -0.39 is 6.43 Å². The van der Waals surface area contributed by atoms with Crippen molar-refractivity contribution in [3.8, 4) is 0 Å². The van der Waals surface area contributed by atoms with Gasteiger partial charge in [-0.25, -0.2) is 23.7 Å². The minimum Gasteiger partial charge on any atom is -0.370 e. The van der Waals surface area contributed by atoms with Gasteiger partial charge in [-0.2, -0.15) is 0 Å². The van der Waals surface area contributed by atoms with Crippen molar-refractivity contribution in [2.24, 2.45) is 10.7 Å². The number of aromatic nitrogens is 2. The van der Waals surface area contributed by atoms with Crippen molar-refractivity contribution >= 4 is 35.6 Å². The lowest BCUT2D eigenvalue weighted by atomic mass is 10.1. The Labute approximate surface area is 150 Å². The Balaban J connectivity index is 0.00000264. The second-order valence-electron chi connectivity index (χ2n) is 4.58. The summed E-state index contributed by atoms with van der Waals surface area (Å²) in [6, 6.07) is 8.95. The van der Waals surface area contributed by atoms with Crippen molar-refractivity contribution in [2.45, 2.75) is 26.3 Å². The third kappa shape index (κ3) is 6.05. The fourth-order valence-corrected chi connectivity index (χ4v) is 1.78. The molecule has 0 saturated carbocycles. The average molecular weight is 433 g/mol. The number of hydrogen-bond acceptors (Lipinski definition) is 3. The smallest absolute Gasteiger partial charge is 0.280 e. The number of aliphatic imine (C=N–C) groups is 1. The molecule has 1 heterocycles. The number of benzene rings is 1. The summed E-state index contributed by atoms with van der Waals surface area (Å²) in [4.78, 5) is 11.7. The van der Waals surface area contributed by atoms with Crippen LogP contribution in [-0.4, -0.2) is 15.9 Å². The summed E-state index contributed by atoms with van der Waals surface area (Å²) in [5.41, 5.74) is 7.47. The first-order chi connectivity index (χ1) is 10.6. The van der Waals surface area contributed by atoms with Crippen LogP contribution in [0.1, 0.15) is 30.4 Å². The first-order valence-electron chi connectivity index (χ1n) is 6.84. The normalized spacial score (nSPS) is 11.2. The monoisotopic (exact) mass is 433 g/mol. The fourth-order valence-electron chi connectivity index (χ4n) is 1.78. The second-order valence-corrected chi connectivity index (χ2v) is 4.58. The molecular weight excluding hydrogens is 415 g/mol. The summed E-state index contributed by atoms with van der Waals surface area (Å²) in [6.45, 7) is 2.11. The molecule has 0 aliphatic rings. The Bertz CT molecular complexity index is 647. The van der Waals surface area contributed by atoms with Crippen LogP contribution >= 0.6 is 24.0 Å². The molecule has 2 rings (SSSR count). The summed E-state index contributed by atoms with van der Waals surface area (Å²) in [5, 5.41) is 2.92. The van der Waals surface area contributed by atoms with Crippen molar-refractivity contribution in [3.63, 3.8) is 0 Å². The van der Waals surface area contributed by atoms with Crippen LogP contribution in [0.5, 0.6) is 0 Å². The molecule has 23 heavy (non-hydrogen) atoms. The van der Waals surface area contributed by atoms with Crippen molar-refractivity contribution in [3.05, 3.63) is 53.6 Å². The number of hydrogen-bond donors (Lipinski definition) is 2. The van der Waals surface area contributed by atoms with Gasteiger partial charge in [0.05, 0.1) is 0 Å². The number of nitrogens with two attached hydrogens (primary N) is 1. The predicted molar refractivity (Wildman–Crippen MR) is 97.2 cm³/mol. The quantitative estimate of drug-likeness (QED) is 0.430. The topological polar surface area (TPSA) is 76.2 Å². The zero-order chi connectivity index (χ0) is 15.9. The maximum atomic E-state index is 12.5. The van der Waals surface area contributed by atoms with E-state index in [9.17, 15) is 8.78 Å². The molecule has 3 N–H and O–H groups in total. The van der Waals surface area contributed by atoms with Gasteiger partial charge in [-0.1, -0.05) is 19.1 Å². The van der Waals surface area contributed by atoms with Gasteiger partial charge in [-0.15, -0.1) is 24.0 Å². The number of anilines is 1. The van der Waals surface area contributed by atoms with E-state index in [2.05, 4.69) is 27.2 Å². The zero-order valence-corrected chi connectivity index (χ0v) is 14.9. The molecule has 0 bridgehead atoms. The molecule has 0 radical (unpaired) electrons. The van der Waals surface area contributed by atoms with Crippen LogP contribution < -0.4 is 11.1 Å². The molecule has 0 amide bonds. The predicted octanol–water partition coefficient (Wildman–Crippen LogP) is 3.52. The summed E-state index contributed by atoms with van der Waals surface area (Å²) in [5.74, 6) is 0.374. The largest absolute Gasteiger partial charge is 0.370 e. The van der Waals surface area contributed by atoms with Crippen LogP contribution in [0, 0.1) is 0 Å². The van der Waals surface area contributed by atoms with Gasteiger partial charge >= 0.3 is 0 Å². The SMILES string of the molecule is CCc1ccc(NC(N)=NCc2nccc(C(F)F)n2)cc1.I. The van der Waals surface area contributed by atoms with Gasteiger partial charge in [0.2, 0.25) is 0 Å². The third-order valence-corrected chi connectivity index (χ3v) is 2.98. The molecule has 8 heteroatoms. The first-order valence-corrected chi connectivity index (χ1v) is 6.84. The molecule has 1 aromatic heterocycles. The van der Waals surface area contributed by atoms with Gasteiger partial charge < -0.3 is 11.1 Å². The molecule has 0 aliphatic heterocycles. The van der Waals surface area contributed by atoms with Gasteiger partial charge in [-0.05, 0) is 30.2 Å². The highest BCUT2D eigenvalue weighted by molar-refractivity contribution is 14.0. The Morgan fingerprint density at radius 1 is 1.26 bits per heavy atom. The van der Waals surface area contributed by atoms with E-state index in [1.165, 1.54) is 17.8 Å². The number of halogens is 3. The highest BCUT2D eigenvalue weighted by Crippen LogP contribution is 2.15. The van der Waals surface area contributed by atoms with E-state index in [0.29, 0.717) is 0 Å². The summed E-state index contributed by atoms with van der Waals surface area (Å²) in [7, 11) is 0. The molecule has 0 fully saturated rings. The van der Waals surface area contributed by atoms with E-state index in [4.69, 9.17) is 5.73 Å². The lowest BCUT2D eigenvalue weighted by Gasteiger charge is -2.06. The van der Waals surface area contributed by atoms with Gasteiger partial charge in [0.1, 0.15) is 18.1 Å². The van der Waals surface area contributed by atoms with Crippen LogP contribution in [0.3, 0.4) is 0 Å². The molecule has 0 atom stereocenters. The molecule has 0 unspecified atom stereocenters. The highest BCUT2D eigenvalue weighted by atomic mass is 127. The fraction of sp³-hybridized carbons (Fsp3) is 0.267. The number of nitrogens with one attached hydrogen (secondary N) is 1. The van der Waals surface area contributed by atoms with Crippen LogP contribution in [-0.2, 0) is 13.0 Å². The van der Waals surface area contributed by atoms with Crippen molar-refractivity contribution in [1.82, 2.24) is 9.97 Å². The highest BCUT2D eigenvalue weighted by Gasteiger charge is 2.09. The zero-order valence-electron chi connectivity index (χ0n) is 12.5. The van der Waals surface area contributed by atoms with Crippen LogP contribution in [0.4, 0.5) is 14.5 Å². The average Bonchev–Trinajstić information content (AvgIpc) is 2.54. The van der Waals surface area contributed by atoms with E-state index in [0.717, 1.165) is 12.1 Å². The minimum atomic E-state index is -2.63. The summed E-state index contributed by atoms with van der Waals surface area (Å²) >= 11 is 0. The van der Waals surface area contributed by atoms with Crippen molar-refractivity contribution in [1.29, 1.82) is 0 Å². The maximum Gasteiger partial charge on any atom is 0.280 e. The van der Waals surface area contributed by atoms with Crippen LogP contribution in [0.25, 0.3) is 0 Å². The Morgan fingerprint density at radius 2 is 1.96 bits per heavy atom. The van der Waals surface area contributed by atoms with E-state index in [1.807, 2.05) is 24.3 Å². The Morgan fingerprint density at radius 3 is 2.57 bits per heavy atom. The van der Waals surface area contributed by atoms with Gasteiger partial charge in [-0.3, -0.25) is 0 Å². The van der Waals surface area contributed by atoms with Crippen LogP contribution in [0.2, 0.25) is 0 Å². The molecule has 5 nitrogen and oxygen atoms in total. The number of nitrogens with zero attached hydrogens (tertiary/aromatic N) is 3. The Kier molecular flexibility index (Phi) is 7.79. The standard InChI is InChI=1S/C15H17F2N5.HI/c1-2-10-3-5-11(6-4-10)21-15(18)20-9-13-19-8-7-12(22-13)14(16)17;/h3-8,14H,2,9H2,1H3,(H3,18,20,21);1H. The second kappa shape index (κ2) is 9.33. The summed E-state index contributed by atoms with van der Waals surface area (Å²) < 4.78 is 25.1. The molecule has 2 aromatic rings. The van der Waals surface area contributed by atoms with E-state index in [-0.39, 0.29) is 48.0 Å². The number of guanidine groups is 1. The molecule has 1 aromatic carbocycles. The molecule has 0 spiro atoms. The van der Waals surface area contributed by atoms with Crippen LogP contribution in [0.15, 0.2) is 41.5 Å². The van der Waals surface area contributed by atoms with Gasteiger partial charge in [0.25, 0.3) is 6.43 Å². The maximum absolute atomic E-state index is 12.5. The lowest BCUT2D eigenvalue weighted by molar-refractivity contribution is 0.145. The Hall–Kier alpha value is -1.84. The molecule has 0 saturated heterocycles. The van der Waals surface area contributed by atoms with Crippen molar-refractivity contribution in [2.75, 3.05) is 5.32 Å². The number of rotatable bonds is 5.